The van der Waals surface area contributed by atoms with E-state index in [2.05, 4.69) is 15.3 Å². The second kappa shape index (κ2) is 6.71. The number of hydrogen-bond donors (Lipinski definition) is 2. The van der Waals surface area contributed by atoms with E-state index in [9.17, 15) is 4.79 Å². The van der Waals surface area contributed by atoms with Gasteiger partial charge in [0.15, 0.2) is 0 Å². The lowest BCUT2D eigenvalue weighted by atomic mass is 9.89. The van der Waals surface area contributed by atoms with Gasteiger partial charge in [-0.2, -0.15) is 0 Å². The highest BCUT2D eigenvalue weighted by molar-refractivity contribution is 6.42. The van der Waals surface area contributed by atoms with Crippen LogP contribution in [0.3, 0.4) is 0 Å². The van der Waals surface area contributed by atoms with Crippen LogP contribution < -0.4 is 5.32 Å². The van der Waals surface area contributed by atoms with E-state index in [1.807, 2.05) is 12.1 Å². The molecule has 22 heavy (non-hydrogen) atoms. The summed E-state index contributed by atoms with van der Waals surface area (Å²) in [5.74, 6) is 0.141. The van der Waals surface area contributed by atoms with Crippen molar-refractivity contribution in [2.24, 2.45) is 5.92 Å². The van der Waals surface area contributed by atoms with Crippen LogP contribution >= 0.6 is 23.2 Å². The molecular weight excluding hydrogens is 321 g/mol. The van der Waals surface area contributed by atoms with Crippen LogP contribution in [0.4, 0.5) is 0 Å². The predicted octanol–water partition coefficient (Wildman–Crippen LogP) is 3.18. The monoisotopic (exact) mass is 337 g/mol. The molecule has 1 aromatic heterocycles. The lowest BCUT2D eigenvalue weighted by molar-refractivity contribution is -0.125. The number of nitrogens with zero attached hydrogens (tertiary/aromatic N) is 1. The Hall–Kier alpha value is -1.52. The maximum Gasteiger partial charge on any atom is 0.223 e. The molecule has 6 heteroatoms. The van der Waals surface area contributed by atoms with E-state index < -0.39 is 0 Å². The maximum absolute atomic E-state index is 12.2. The number of carbonyl (C=O) groups excluding carboxylic acids is 1. The van der Waals surface area contributed by atoms with Crippen LogP contribution in [0.5, 0.6) is 0 Å². The molecule has 0 spiro atoms. The molecule has 4 nitrogen and oxygen atoms in total. The highest BCUT2D eigenvalue weighted by Crippen LogP contribution is 2.24. The number of nitrogens with one attached hydrogen (secondary N) is 2. The van der Waals surface area contributed by atoms with Crippen LogP contribution in [0.2, 0.25) is 10.0 Å². The van der Waals surface area contributed by atoms with Crippen molar-refractivity contribution in [2.75, 3.05) is 6.54 Å². The fourth-order valence-corrected chi connectivity index (χ4v) is 3.11. The molecule has 1 unspecified atom stereocenters. The normalized spacial score (nSPS) is 17.1. The van der Waals surface area contributed by atoms with Gasteiger partial charge in [0, 0.05) is 24.6 Å². The minimum absolute atomic E-state index is 0.0294. The van der Waals surface area contributed by atoms with E-state index in [1.54, 1.807) is 12.4 Å². The van der Waals surface area contributed by atoms with Crippen molar-refractivity contribution >= 4 is 29.1 Å². The fraction of sp³-hybridized carbons (Fsp3) is 0.375. The lowest BCUT2D eigenvalue weighted by Crippen LogP contribution is -2.35. The first-order valence-electron chi connectivity index (χ1n) is 7.36. The minimum Gasteiger partial charge on any atom is -0.356 e. The number of H-pyrrole nitrogens is 1. The molecule has 1 aliphatic carbocycles. The molecule has 0 fully saturated rings. The van der Waals surface area contributed by atoms with E-state index in [1.165, 1.54) is 0 Å². The van der Waals surface area contributed by atoms with Gasteiger partial charge in [-0.15, -0.1) is 0 Å². The second-order valence-electron chi connectivity index (χ2n) is 5.56. The topological polar surface area (TPSA) is 57.8 Å². The average molecular weight is 338 g/mol. The lowest BCUT2D eigenvalue weighted by Gasteiger charge is -2.20. The highest BCUT2D eigenvalue weighted by Gasteiger charge is 2.25. The molecule has 2 N–H and O–H groups in total. The van der Waals surface area contributed by atoms with Crippen LogP contribution in [0.1, 0.15) is 23.4 Å². The maximum atomic E-state index is 12.2. The van der Waals surface area contributed by atoms with Crippen LogP contribution in [-0.2, 0) is 24.1 Å². The van der Waals surface area contributed by atoms with Crippen molar-refractivity contribution in [1.82, 2.24) is 15.3 Å². The van der Waals surface area contributed by atoms with Crippen LogP contribution in [0.15, 0.2) is 24.5 Å². The van der Waals surface area contributed by atoms with Crippen LogP contribution in [0, 0.1) is 5.92 Å². The Morgan fingerprint density at radius 3 is 3.05 bits per heavy atom. The molecular formula is C16H17Cl2N3O. The first-order valence-corrected chi connectivity index (χ1v) is 8.12. The molecule has 1 heterocycles. The first kappa shape index (κ1) is 15.4. The Kier molecular flexibility index (Phi) is 4.69. The number of benzene rings is 1. The smallest absolute Gasteiger partial charge is 0.223 e. The van der Waals surface area contributed by atoms with Crippen molar-refractivity contribution < 1.29 is 4.79 Å². The number of carbonyl (C=O) groups is 1. The van der Waals surface area contributed by atoms with Crippen molar-refractivity contribution in [2.45, 2.75) is 25.7 Å². The number of aromatic amines is 1. The number of hydrogen-bond acceptors (Lipinski definition) is 2. The summed E-state index contributed by atoms with van der Waals surface area (Å²) in [4.78, 5) is 19.6. The molecule has 1 aromatic carbocycles. The zero-order valence-electron chi connectivity index (χ0n) is 12.0. The number of imidazole rings is 1. The first-order chi connectivity index (χ1) is 10.6. The molecule has 0 bridgehead atoms. The van der Waals surface area contributed by atoms with Gasteiger partial charge in [-0.3, -0.25) is 4.79 Å². The largest absolute Gasteiger partial charge is 0.356 e. The standard InChI is InChI=1S/C16H17Cl2N3O/c17-12-3-1-10(7-13(12)18)5-6-19-16(22)11-2-4-14-15(8-11)21-9-20-14/h1,3,7,9,11H,2,4-6,8H2,(H,19,22)(H,20,21). The van der Waals surface area contributed by atoms with Gasteiger partial charge >= 0.3 is 0 Å². The van der Waals surface area contributed by atoms with E-state index in [0.717, 1.165) is 42.6 Å². The number of aromatic nitrogens is 2. The van der Waals surface area contributed by atoms with Gasteiger partial charge in [0.2, 0.25) is 5.91 Å². The molecule has 1 atom stereocenters. The highest BCUT2D eigenvalue weighted by atomic mass is 35.5. The molecule has 0 radical (unpaired) electrons. The Morgan fingerprint density at radius 1 is 1.36 bits per heavy atom. The molecule has 0 saturated heterocycles. The second-order valence-corrected chi connectivity index (χ2v) is 6.37. The van der Waals surface area contributed by atoms with Gasteiger partial charge in [0.1, 0.15) is 0 Å². The van der Waals surface area contributed by atoms with Gasteiger partial charge in [-0.1, -0.05) is 29.3 Å². The Balaban J connectivity index is 1.49. The minimum atomic E-state index is 0.0294. The third-order valence-corrected chi connectivity index (χ3v) is 4.79. The zero-order valence-corrected chi connectivity index (χ0v) is 13.5. The summed E-state index contributed by atoms with van der Waals surface area (Å²) in [6, 6.07) is 5.55. The van der Waals surface area contributed by atoms with Crippen molar-refractivity contribution in [3.63, 3.8) is 0 Å². The summed E-state index contributed by atoms with van der Waals surface area (Å²) in [5, 5.41) is 4.10. The summed E-state index contributed by atoms with van der Waals surface area (Å²) in [5.41, 5.74) is 3.25. The Morgan fingerprint density at radius 2 is 2.23 bits per heavy atom. The van der Waals surface area contributed by atoms with Gasteiger partial charge in [-0.05, 0) is 37.0 Å². The summed E-state index contributed by atoms with van der Waals surface area (Å²) in [7, 11) is 0. The molecule has 0 aliphatic heterocycles. The van der Waals surface area contributed by atoms with Crippen molar-refractivity contribution in [3.8, 4) is 0 Å². The molecule has 2 aromatic rings. The predicted molar refractivity (Wildman–Crippen MR) is 87.3 cm³/mol. The van der Waals surface area contributed by atoms with Gasteiger partial charge in [-0.25, -0.2) is 4.98 Å². The quantitative estimate of drug-likeness (QED) is 0.900. The summed E-state index contributed by atoms with van der Waals surface area (Å²) in [6.45, 7) is 0.600. The molecule has 3 rings (SSSR count). The average Bonchev–Trinajstić information content (AvgIpc) is 2.98. The van der Waals surface area contributed by atoms with Crippen molar-refractivity contribution in [3.05, 3.63) is 51.5 Å². The van der Waals surface area contributed by atoms with Crippen LogP contribution in [-0.4, -0.2) is 22.4 Å². The van der Waals surface area contributed by atoms with Crippen LogP contribution in [0.25, 0.3) is 0 Å². The number of halogens is 2. The molecule has 1 aliphatic rings. The number of rotatable bonds is 4. The van der Waals surface area contributed by atoms with E-state index in [4.69, 9.17) is 23.2 Å². The summed E-state index contributed by atoms with van der Waals surface area (Å²) < 4.78 is 0. The fourth-order valence-electron chi connectivity index (χ4n) is 2.79. The van der Waals surface area contributed by atoms with Gasteiger partial charge in [0.05, 0.1) is 22.1 Å². The number of amides is 1. The van der Waals surface area contributed by atoms with Gasteiger partial charge < -0.3 is 10.3 Å². The Labute approximate surface area is 139 Å². The Bertz CT molecular complexity index is 684. The van der Waals surface area contributed by atoms with Gasteiger partial charge in [0.25, 0.3) is 0 Å². The van der Waals surface area contributed by atoms with E-state index >= 15 is 0 Å². The molecule has 0 saturated carbocycles. The molecule has 116 valence electrons. The summed E-state index contributed by atoms with van der Waals surface area (Å²) >= 11 is 11.9. The number of fused-ring (bicyclic) bond motifs is 1. The third kappa shape index (κ3) is 3.45. The van der Waals surface area contributed by atoms with Crippen molar-refractivity contribution in [1.29, 1.82) is 0 Å². The molecule has 1 amide bonds. The zero-order chi connectivity index (χ0) is 15.5. The SMILES string of the molecule is O=C(NCCc1ccc(Cl)c(Cl)c1)C1CCc2nc[nH]c2C1. The van der Waals surface area contributed by atoms with E-state index in [0.29, 0.717) is 16.6 Å². The van der Waals surface area contributed by atoms with E-state index in [-0.39, 0.29) is 11.8 Å². The number of aryl methyl sites for hydroxylation is 1. The summed E-state index contributed by atoms with van der Waals surface area (Å²) in [6.07, 6.45) is 4.91. The third-order valence-electron chi connectivity index (χ3n) is 4.06.